The van der Waals surface area contributed by atoms with Crippen molar-refractivity contribution in [2.45, 2.75) is 30.3 Å². The Hall–Kier alpha value is 0.240. The van der Waals surface area contributed by atoms with Gasteiger partial charge in [-0.15, -0.1) is 11.8 Å². The summed E-state index contributed by atoms with van der Waals surface area (Å²) in [5.74, 6) is 2.89. The molecule has 0 spiro atoms. The van der Waals surface area contributed by atoms with E-state index in [1.165, 1.54) is 17.9 Å². The van der Waals surface area contributed by atoms with Gasteiger partial charge >= 0.3 is 0 Å². The lowest BCUT2D eigenvalue weighted by molar-refractivity contribution is -0.112. The first-order valence-electron chi connectivity index (χ1n) is 4.42. The van der Waals surface area contributed by atoms with Crippen LogP contribution in [-0.2, 0) is 4.79 Å². The van der Waals surface area contributed by atoms with Crippen molar-refractivity contribution in [3.63, 3.8) is 0 Å². The predicted molar refractivity (Wildman–Crippen MR) is 58.2 cm³/mol. The third-order valence-corrected chi connectivity index (χ3v) is 7.57. The Balaban J connectivity index is 2.31. The predicted octanol–water partition coefficient (Wildman–Crippen LogP) is 2.27. The summed E-state index contributed by atoms with van der Waals surface area (Å²) < 4.78 is 0.423. The van der Waals surface area contributed by atoms with Crippen LogP contribution >= 0.6 is 22.2 Å². The molecule has 0 saturated carbocycles. The van der Waals surface area contributed by atoms with E-state index in [1.54, 1.807) is 0 Å². The highest BCUT2D eigenvalue weighted by Gasteiger charge is 2.35. The van der Waals surface area contributed by atoms with Crippen LogP contribution in [-0.4, -0.2) is 26.7 Å². The number of rotatable bonds is 0. The maximum atomic E-state index is 11.3. The van der Waals surface area contributed by atoms with Crippen molar-refractivity contribution in [2.24, 2.45) is 0 Å². The lowest BCUT2D eigenvalue weighted by atomic mass is 10.1. The Bertz CT molecular complexity index is 247. The average Bonchev–Trinajstić information content (AvgIpc) is 2.27. The second-order valence-electron chi connectivity index (χ2n) is 3.55. The van der Waals surface area contributed by atoms with Gasteiger partial charge in [-0.2, -0.15) is 10.5 Å². The second kappa shape index (κ2) is 3.18. The van der Waals surface area contributed by atoms with Crippen molar-refractivity contribution in [1.29, 1.82) is 0 Å². The third-order valence-electron chi connectivity index (χ3n) is 2.59. The molecule has 12 heavy (non-hydrogen) atoms. The molecule has 0 aromatic heterocycles. The molecule has 2 atom stereocenters. The van der Waals surface area contributed by atoms with E-state index in [0.717, 1.165) is 12.8 Å². The van der Waals surface area contributed by atoms with E-state index in [2.05, 4.69) is 18.7 Å². The van der Waals surface area contributed by atoms with Gasteiger partial charge in [-0.3, -0.25) is 4.79 Å². The minimum atomic E-state index is 0.290. The largest absolute Gasteiger partial charge is 0.294 e. The van der Waals surface area contributed by atoms with E-state index >= 15 is 0 Å². The Morgan fingerprint density at radius 2 is 2.50 bits per heavy atom. The van der Waals surface area contributed by atoms with Gasteiger partial charge in [0.1, 0.15) is 0 Å². The van der Waals surface area contributed by atoms with E-state index in [-0.39, 0.29) is 0 Å². The highest BCUT2D eigenvalue weighted by atomic mass is 32.2. The molecule has 0 aromatic rings. The van der Waals surface area contributed by atoms with Gasteiger partial charge in [0.15, 0.2) is 5.78 Å². The summed E-state index contributed by atoms with van der Waals surface area (Å²) in [6.07, 6.45) is 3.13. The van der Waals surface area contributed by atoms with Crippen LogP contribution in [0.4, 0.5) is 0 Å². The SMILES string of the molecule is CC12CCCC(=O)C=S1CCS2. The van der Waals surface area contributed by atoms with Crippen molar-refractivity contribution in [3.8, 4) is 0 Å². The quantitative estimate of drug-likeness (QED) is 0.561. The minimum absolute atomic E-state index is 0.290. The van der Waals surface area contributed by atoms with Crippen molar-refractivity contribution in [3.05, 3.63) is 0 Å². The summed E-state index contributed by atoms with van der Waals surface area (Å²) in [6, 6.07) is 0. The molecule has 2 unspecified atom stereocenters. The fourth-order valence-electron chi connectivity index (χ4n) is 1.83. The molecule has 1 fully saturated rings. The maximum absolute atomic E-state index is 11.3. The third kappa shape index (κ3) is 1.49. The van der Waals surface area contributed by atoms with Crippen molar-refractivity contribution < 1.29 is 4.79 Å². The van der Waals surface area contributed by atoms with Crippen LogP contribution in [0.3, 0.4) is 0 Å². The molecule has 0 N–H and O–H groups in total. The molecule has 68 valence electrons. The van der Waals surface area contributed by atoms with E-state index in [9.17, 15) is 4.79 Å². The number of carbonyl (C=O) groups excluding carboxylic acids is 1. The van der Waals surface area contributed by atoms with Gasteiger partial charge in [0.25, 0.3) is 0 Å². The zero-order chi connectivity index (χ0) is 8.60. The van der Waals surface area contributed by atoms with Crippen molar-refractivity contribution >= 4 is 33.4 Å². The van der Waals surface area contributed by atoms with Crippen LogP contribution < -0.4 is 0 Å². The number of hydrogen-bond acceptors (Lipinski definition) is 2. The number of thioether (sulfide) groups is 1. The zero-order valence-electron chi connectivity index (χ0n) is 7.34. The normalized spacial score (nSPS) is 41.8. The Labute approximate surface area is 80.2 Å². The van der Waals surface area contributed by atoms with Crippen LogP contribution in [0.5, 0.6) is 0 Å². The van der Waals surface area contributed by atoms with E-state index < -0.39 is 0 Å². The molecule has 2 heterocycles. The average molecular weight is 202 g/mol. The first kappa shape index (κ1) is 8.82. The summed E-state index contributed by atoms with van der Waals surface area (Å²) in [7, 11) is 0.290. The number of Topliss-reactive ketones (excluding diaryl/α,β-unsaturated/α-hetero) is 1. The van der Waals surface area contributed by atoms with Gasteiger partial charge in [-0.25, -0.2) is 0 Å². The van der Waals surface area contributed by atoms with Gasteiger partial charge in [-0.1, -0.05) is 0 Å². The van der Waals surface area contributed by atoms with E-state index in [4.69, 9.17) is 0 Å². The van der Waals surface area contributed by atoms with Crippen molar-refractivity contribution in [2.75, 3.05) is 11.5 Å². The van der Waals surface area contributed by atoms with Gasteiger partial charge in [0.05, 0.1) is 4.08 Å². The van der Waals surface area contributed by atoms with Crippen molar-refractivity contribution in [1.82, 2.24) is 0 Å². The fourth-order valence-corrected chi connectivity index (χ4v) is 6.49. The summed E-state index contributed by atoms with van der Waals surface area (Å²) in [6.45, 7) is 2.34. The van der Waals surface area contributed by atoms with E-state index in [1.807, 2.05) is 5.37 Å². The van der Waals surface area contributed by atoms with Crippen LogP contribution in [0.2, 0.25) is 0 Å². The summed E-state index contributed by atoms with van der Waals surface area (Å²) in [5.41, 5.74) is 0. The standard InChI is InChI=1S/C9H14OS2/c1-9-4-2-3-8(10)7-12(9)6-5-11-9/h7H,2-6H2,1H3. The topological polar surface area (TPSA) is 17.1 Å². The lowest BCUT2D eigenvalue weighted by Crippen LogP contribution is -2.12. The molecule has 1 saturated heterocycles. The Kier molecular flexibility index (Phi) is 2.34. The Morgan fingerprint density at radius 3 is 3.33 bits per heavy atom. The monoisotopic (exact) mass is 202 g/mol. The minimum Gasteiger partial charge on any atom is -0.294 e. The van der Waals surface area contributed by atoms with Crippen LogP contribution in [0.25, 0.3) is 0 Å². The molecular formula is C9H14OS2. The molecule has 0 radical (unpaired) electrons. The number of carbonyl (C=O) groups is 1. The number of ketones is 1. The molecule has 3 heteroatoms. The van der Waals surface area contributed by atoms with Gasteiger partial charge in [-0.05, 0) is 25.5 Å². The summed E-state index contributed by atoms with van der Waals surface area (Å²) in [4.78, 5) is 11.3. The highest BCUT2D eigenvalue weighted by Crippen LogP contribution is 2.52. The highest BCUT2D eigenvalue weighted by molar-refractivity contribution is 8.30. The summed E-state index contributed by atoms with van der Waals surface area (Å²) >= 11 is 2.07. The maximum Gasteiger partial charge on any atom is 0.161 e. The molecule has 2 aliphatic rings. The fraction of sp³-hybridized carbons (Fsp3) is 0.778. The number of fused-ring (bicyclic) bond motifs is 1. The van der Waals surface area contributed by atoms with Gasteiger partial charge in [0, 0.05) is 17.5 Å². The zero-order valence-corrected chi connectivity index (χ0v) is 8.97. The molecule has 0 bridgehead atoms. The smallest absolute Gasteiger partial charge is 0.161 e. The summed E-state index contributed by atoms with van der Waals surface area (Å²) in [5, 5.41) is 2.02. The molecule has 0 aromatic carbocycles. The molecule has 1 nitrogen and oxygen atoms in total. The molecule has 2 rings (SSSR count). The molecule has 0 amide bonds. The molecule has 2 aliphatic heterocycles. The van der Waals surface area contributed by atoms with Crippen LogP contribution in [0, 0.1) is 0 Å². The second-order valence-corrected chi connectivity index (χ2v) is 7.81. The first-order valence-corrected chi connectivity index (χ1v) is 6.86. The first-order chi connectivity index (χ1) is 5.71. The molecular weight excluding hydrogens is 188 g/mol. The molecule has 0 aliphatic carbocycles. The lowest BCUT2D eigenvalue weighted by Gasteiger charge is -2.23. The van der Waals surface area contributed by atoms with Crippen LogP contribution in [0.1, 0.15) is 26.2 Å². The van der Waals surface area contributed by atoms with Gasteiger partial charge < -0.3 is 0 Å². The Morgan fingerprint density at radius 1 is 1.67 bits per heavy atom. The van der Waals surface area contributed by atoms with Gasteiger partial charge in [0.2, 0.25) is 0 Å². The van der Waals surface area contributed by atoms with Crippen LogP contribution in [0.15, 0.2) is 0 Å². The number of hydrogen-bond donors (Lipinski definition) is 0. The van der Waals surface area contributed by atoms with E-state index in [0.29, 0.717) is 20.3 Å².